The molecule has 1 fully saturated rings. The molecule has 1 saturated carbocycles. The van der Waals surface area contributed by atoms with Gasteiger partial charge in [0.2, 0.25) is 0 Å². The molecule has 0 atom stereocenters. The summed E-state index contributed by atoms with van der Waals surface area (Å²) in [5.74, 6) is 0.541. The Hall–Kier alpha value is -1.30. The highest BCUT2D eigenvalue weighted by Crippen LogP contribution is 2.28. The Morgan fingerprint density at radius 3 is 2.53 bits per heavy atom. The van der Waals surface area contributed by atoms with Crippen molar-refractivity contribution in [3.05, 3.63) is 17.8 Å². The third-order valence-corrected chi connectivity index (χ3v) is 4.62. The normalized spacial score (nSPS) is 22.8. The van der Waals surface area contributed by atoms with E-state index in [1.165, 1.54) is 25.7 Å². The van der Waals surface area contributed by atoms with Gasteiger partial charge in [-0.3, -0.25) is 4.79 Å². The smallest absolute Gasteiger partial charge is 0.271 e. The zero-order valence-electron chi connectivity index (χ0n) is 11.3. The minimum atomic E-state index is -0.209. The summed E-state index contributed by atoms with van der Waals surface area (Å²) in [5, 5.41) is 14.7. The van der Waals surface area contributed by atoms with E-state index in [1.54, 1.807) is 13.1 Å². The molecule has 0 aromatic carbocycles. The predicted molar refractivity (Wildman–Crippen MR) is 78.6 cm³/mol. The molecule has 1 amide bonds. The summed E-state index contributed by atoms with van der Waals surface area (Å²) in [7, 11) is 1.58. The first-order valence-electron chi connectivity index (χ1n) is 6.58. The van der Waals surface area contributed by atoms with Crippen molar-refractivity contribution >= 4 is 23.5 Å². The highest BCUT2D eigenvalue weighted by Gasteiger charge is 2.20. The molecule has 0 saturated heterocycles. The van der Waals surface area contributed by atoms with Gasteiger partial charge in [0.05, 0.1) is 0 Å². The monoisotopic (exact) mass is 280 g/mol. The van der Waals surface area contributed by atoms with Crippen LogP contribution in [0.25, 0.3) is 0 Å². The Bertz CT molecular complexity index is 415. The van der Waals surface area contributed by atoms with Crippen LogP contribution >= 0.6 is 11.8 Å². The second-order valence-corrected chi connectivity index (χ2v) is 5.87. The van der Waals surface area contributed by atoms with Crippen molar-refractivity contribution in [3.63, 3.8) is 0 Å². The van der Waals surface area contributed by atoms with Gasteiger partial charge in [-0.05, 0) is 44.1 Å². The molecular weight excluding hydrogens is 260 g/mol. The number of anilines is 1. The van der Waals surface area contributed by atoms with Gasteiger partial charge in [-0.15, -0.1) is 10.2 Å². The molecule has 2 rings (SSSR count). The number of carbonyl (C=O) groups excluding carboxylic acids is 1. The summed E-state index contributed by atoms with van der Waals surface area (Å²) in [6.07, 6.45) is 7.03. The minimum absolute atomic E-state index is 0.209. The second-order valence-electron chi connectivity index (χ2n) is 4.74. The molecule has 1 heterocycles. The van der Waals surface area contributed by atoms with Gasteiger partial charge >= 0.3 is 0 Å². The van der Waals surface area contributed by atoms with Gasteiger partial charge in [-0.2, -0.15) is 11.8 Å². The zero-order valence-corrected chi connectivity index (χ0v) is 12.2. The number of aromatic nitrogens is 2. The van der Waals surface area contributed by atoms with Crippen LogP contribution in [0.5, 0.6) is 0 Å². The highest BCUT2D eigenvalue weighted by atomic mass is 32.2. The highest BCUT2D eigenvalue weighted by molar-refractivity contribution is 7.99. The van der Waals surface area contributed by atoms with Crippen molar-refractivity contribution in [2.45, 2.75) is 37.0 Å². The van der Waals surface area contributed by atoms with Gasteiger partial charge in [-0.25, -0.2) is 0 Å². The van der Waals surface area contributed by atoms with Crippen molar-refractivity contribution in [1.29, 1.82) is 0 Å². The summed E-state index contributed by atoms with van der Waals surface area (Å²) in [4.78, 5) is 11.3. The van der Waals surface area contributed by atoms with Crippen LogP contribution in [0.4, 0.5) is 5.82 Å². The Morgan fingerprint density at radius 2 is 2.00 bits per heavy atom. The topological polar surface area (TPSA) is 66.9 Å². The number of carbonyl (C=O) groups is 1. The van der Waals surface area contributed by atoms with Crippen LogP contribution in [-0.4, -0.2) is 40.7 Å². The average Bonchev–Trinajstić information content (AvgIpc) is 2.48. The van der Waals surface area contributed by atoms with Gasteiger partial charge < -0.3 is 10.6 Å². The first-order chi connectivity index (χ1) is 9.22. The van der Waals surface area contributed by atoms with E-state index >= 15 is 0 Å². The number of rotatable bonds is 4. The predicted octanol–water partition coefficient (Wildman–Crippen LogP) is 1.92. The minimum Gasteiger partial charge on any atom is -0.366 e. The maximum Gasteiger partial charge on any atom is 0.271 e. The van der Waals surface area contributed by atoms with E-state index in [2.05, 4.69) is 27.1 Å². The third-order valence-electron chi connectivity index (χ3n) is 3.48. The van der Waals surface area contributed by atoms with Crippen molar-refractivity contribution in [2.75, 3.05) is 18.6 Å². The van der Waals surface area contributed by atoms with Gasteiger partial charge in [0, 0.05) is 18.3 Å². The number of nitrogens with one attached hydrogen (secondary N) is 2. The summed E-state index contributed by atoms with van der Waals surface area (Å²) in [6.45, 7) is 0. The SMILES string of the molecule is CNC(=O)c1ccc(NC2CCC(SC)CC2)nn1. The molecule has 0 radical (unpaired) electrons. The van der Waals surface area contributed by atoms with E-state index < -0.39 is 0 Å². The lowest BCUT2D eigenvalue weighted by Crippen LogP contribution is -2.27. The lowest BCUT2D eigenvalue weighted by atomic mass is 9.95. The van der Waals surface area contributed by atoms with E-state index in [4.69, 9.17) is 0 Å². The van der Waals surface area contributed by atoms with Crippen LogP contribution in [0.1, 0.15) is 36.2 Å². The number of thioether (sulfide) groups is 1. The molecule has 104 valence electrons. The quantitative estimate of drug-likeness (QED) is 0.882. The van der Waals surface area contributed by atoms with Crippen LogP contribution in [0.15, 0.2) is 12.1 Å². The van der Waals surface area contributed by atoms with Crippen molar-refractivity contribution < 1.29 is 4.79 Å². The van der Waals surface area contributed by atoms with E-state index in [9.17, 15) is 4.79 Å². The number of hydrogen-bond acceptors (Lipinski definition) is 5. The standard InChI is InChI=1S/C13H20N4OS/c1-14-13(18)11-7-8-12(17-16-11)15-9-3-5-10(19-2)6-4-9/h7-10H,3-6H2,1-2H3,(H,14,18)(H,15,17). The molecule has 0 unspecified atom stereocenters. The molecule has 0 bridgehead atoms. The number of hydrogen-bond donors (Lipinski definition) is 2. The van der Waals surface area contributed by atoms with Gasteiger partial charge in [0.15, 0.2) is 5.69 Å². The van der Waals surface area contributed by atoms with Crippen LogP contribution in [0, 0.1) is 0 Å². The lowest BCUT2D eigenvalue weighted by Gasteiger charge is -2.28. The van der Waals surface area contributed by atoms with E-state index in [0.717, 1.165) is 11.1 Å². The lowest BCUT2D eigenvalue weighted by molar-refractivity contribution is 0.0957. The molecule has 1 aliphatic carbocycles. The van der Waals surface area contributed by atoms with Crippen LogP contribution < -0.4 is 10.6 Å². The molecule has 19 heavy (non-hydrogen) atoms. The molecule has 1 aromatic heterocycles. The fourth-order valence-electron chi connectivity index (χ4n) is 2.31. The van der Waals surface area contributed by atoms with E-state index in [1.807, 2.05) is 17.8 Å². The molecule has 6 heteroatoms. The maximum absolute atomic E-state index is 11.3. The van der Waals surface area contributed by atoms with Gasteiger partial charge in [0.25, 0.3) is 5.91 Å². The Kier molecular flexibility index (Phi) is 5.01. The fourth-order valence-corrected chi connectivity index (χ4v) is 3.05. The molecular formula is C13H20N4OS. The largest absolute Gasteiger partial charge is 0.366 e. The summed E-state index contributed by atoms with van der Waals surface area (Å²) in [6, 6.07) is 3.99. The van der Waals surface area contributed by atoms with Crippen molar-refractivity contribution in [2.24, 2.45) is 0 Å². The molecule has 2 N–H and O–H groups in total. The van der Waals surface area contributed by atoms with Crippen molar-refractivity contribution in [1.82, 2.24) is 15.5 Å². The van der Waals surface area contributed by atoms with Crippen LogP contribution in [0.2, 0.25) is 0 Å². The average molecular weight is 280 g/mol. The first-order valence-corrected chi connectivity index (χ1v) is 7.87. The summed E-state index contributed by atoms with van der Waals surface area (Å²) in [5.41, 5.74) is 0.346. The first kappa shape index (κ1) is 14.1. The summed E-state index contributed by atoms with van der Waals surface area (Å²) >= 11 is 1.96. The molecule has 0 aliphatic heterocycles. The Balaban J connectivity index is 1.88. The van der Waals surface area contributed by atoms with Crippen molar-refractivity contribution in [3.8, 4) is 0 Å². The third kappa shape index (κ3) is 3.83. The Morgan fingerprint density at radius 1 is 1.26 bits per heavy atom. The van der Waals surface area contributed by atoms with Gasteiger partial charge in [0.1, 0.15) is 5.82 Å². The molecule has 0 spiro atoms. The summed E-state index contributed by atoms with van der Waals surface area (Å²) < 4.78 is 0. The number of amides is 1. The second kappa shape index (κ2) is 6.75. The Labute approximate surface area is 118 Å². The van der Waals surface area contributed by atoms with Gasteiger partial charge in [-0.1, -0.05) is 0 Å². The zero-order chi connectivity index (χ0) is 13.7. The van der Waals surface area contributed by atoms with Crippen LogP contribution in [0.3, 0.4) is 0 Å². The molecule has 1 aromatic rings. The number of nitrogens with zero attached hydrogens (tertiary/aromatic N) is 2. The molecule has 1 aliphatic rings. The van der Waals surface area contributed by atoms with Crippen LogP contribution in [-0.2, 0) is 0 Å². The molecule has 5 nitrogen and oxygen atoms in total. The van der Waals surface area contributed by atoms with E-state index in [0.29, 0.717) is 11.7 Å². The fraction of sp³-hybridized carbons (Fsp3) is 0.615. The maximum atomic E-state index is 11.3. The van der Waals surface area contributed by atoms with E-state index in [-0.39, 0.29) is 5.91 Å².